The summed E-state index contributed by atoms with van der Waals surface area (Å²) < 4.78 is 5.11. The van der Waals surface area contributed by atoms with Crippen LogP contribution in [-0.2, 0) is 10.3 Å². The second-order valence-electron chi connectivity index (χ2n) is 8.45. The minimum Gasteiger partial charge on any atom is -0.459 e. The maximum Gasteiger partial charge on any atom is 0.344 e. The van der Waals surface area contributed by atoms with E-state index in [-0.39, 0.29) is 11.3 Å². The van der Waals surface area contributed by atoms with Gasteiger partial charge in [0.25, 0.3) is 17.7 Å². The number of urea groups is 1. The van der Waals surface area contributed by atoms with Crippen molar-refractivity contribution in [3.63, 3.8) is 0 Å². The Balaban J connectivity index is 1.42. The molecular weight excluding hydrogens is 472 g/mol. The third-order valence-electron chi connectivity index (χ3n) is 6.14. The maximum absolute atomic E-state index is 13.8. The summed E-state index contributed by atoms with van der Waals surface area (Å²) >= 11 is 0. The van der Waals surface area contributed by atoms with E-state index in [2.05, 4.69) is 16.1 Å². The number of rotatable bonds is 6. The Bertz CT molecular complexity index is 1440. The third kappa shape index (κ3) is 4.23. The van der Waals surface area contributed by atoms with Crippen LogP contribution in [0.4, 0.5) is 10.5 Å². The molecular formula is C28H22N4O5. The Morgan fingerprint density at radius 1 is 0.838 bits per heavy atom. The van der Waals surface area contributed by atoms with Gasteiger partial charge in [0.05, 0.1) is 6.26 Å². The predicted octanol–water partition coefficient (Wildman–Crippen LogP) is 3.98. The SMILES string of the molecule is Cc1ccc(C(=O)NN2C(=O)NC(c3ccccc3)(c3ccccc3)C2=O)cc1NC(=O)c1ccco1. The second-order valence-corrected chi connectivity index (χ2v) is 8.45. The second kappa shape index (κ2) is 9.46. The minimum absolute atomic E-state index is 0.117. The van der Waals surface area contributed by atoms with Crippen molar-refractivity contribution in [1.82, 2.24) is 15.8 Å². The Hall–Kier alpha value is -5.18. The van der Waals surface area contributed by atoms with Crippen LogP contribution in [0.25, 0.3) is 0 Å². The molecule has 0 spiro atoms. The van der Waals surface area contributed by atoms with Crippen molar-refractivity contribution >= 4 is 29.4 Å². The van der Waals surface area contributed by atoms with E-state index in [0.717, 1.165) is 0 Å². The molecule has 9 heteroatoms. The molecule has 1 aromatic heterocycles. The topological polar surface area (TPSA) is 121 Å². The van der Waals surface area contributed by atoms with Crippen molar-refractivity contribution in [2.75, 3.05) is 5.32 Å². The number of nitrogens with one attached hydrogen (secondary N) is 3. The van der Waals surface area contributed by atoms with E-state index in [9.17, 15) is 19.2 Å². The van der Waals surface area contributed by atoms with E-state index in [1.165, 1.54) is 24.5 Å². The highest BCUT2D eigenvalue weighted by Gasteiger charge is 2.54. The lowest BCUT2D eigenvalue weighted by Gasteiger charge is -2.27. The van der Waals surface area contributed by atoms with Crippen LogP contribution in [0.15, 0.2) is 102 Å². The molecule has 1 aliphatic heterocycles. The van der Waals surface area contributed by atoms with Crippen LogP contribution in [0.3, 0.4) is 0 Å². The zero-order chi connectivity index (χ0) is 26.0. The van der Waals surface area contributed by atoms with Gasteiger partial charge in [-0.2, -0.15) is 5.01 Å². The van der Waals surface area contributed by atoms with Gasteiger partial charge in [0.1, 0.15) is 0 Å². The van der Waals surface area contributed by atoms with Crippen molar-refractivity contribution in [2.45, 2.75) is 12.5 Å². The molecule has 5 amide bonds. The molecule has 0 bridgehead atoms. The van der Waals surface area contributed by atoms with Gasteiger partial charge in [-0.25, -0.2) is 4.79 Å². The molecule has 0 radical (unpaired) electrons. The number of hydrazine groups is 1. The number of benzene rings is 3. The molecule has 1 fully saturated rings. The van der Waals surface area contributed by atoms with Crippen molar-refractivity contribution in [3.05, 3.63) is 125 Å². The highest BCUT2D eigenvalue weighted by Crippen LogP contribution is 2.35. The van der Waals surface area contributed by atoms with Gasteiger partial charge in [-0.3, -0.25) is 19.8 Å². The summed E-state index contributed by atoms with van der Waals surface area (Å²) in [6, 6.07) is 24.6. The first-order valence-corrected chi connectivity index (χ1v) is 11.4. The molecule has 184 valence electrons. The summed E-state index contributed by atoms with van der Waals surface area (Å²) in [5, 5.41) is 6.16. The summed E-state index contributed by atoms with van der Waals surface area (Å²) in [6.45, 7) is 1.77. The molecule has 1 saturated heterocycles. The standard InChI is InChI=1S/C28H22N4O5/c1-18-14-15-19(17-22(18)29-25(34)23-13-8-16-37-23)24(33)31-32-26(35)28(30-27(32)36,20-9-4-2-5-10-20)21-11-6-3-7-12-21/h2-17H,1H3,(H,29,34)(H,30,36)(H,31,33). The fraction of sp³-hybridized carbons (Fsp3) is 0.0714. The van der Waals surface area contributed by atoms with Crippen LogP contribution in [0.2, 0.25) is 0 Å². The first-order valence-electron chi connectivity index (χ1n) is 11.4. The Labute approximate surface area is 212 Å². The van der Waals surface area contributed by atoms with E-state index in [0.29, 0.717) is 27.4 Å². The van der Waals surface area contributed by atoms with Crippen LogP contribution in [0, 0.1) is 6.92 Å². The van der Waals surface area contributed by atoms with Crippen LogP contribution in [0.1, 0.15) is 37.6 Å². The average molecular weight is 495 g/mol. The quantitative estimate of drug-likeness (QED) is 0.350. The van der Waals surface area contributed by atoms with Crippen molar-refractivity contribution in [1.29, 1.82) is 0 Å². The number of carbonyl (C=O) groups excluding carboxylic acids is 4. The molecule has 9 nitrogen and oxygen atoms in total. The number of furan rings is 1. The predicted molar refractivity (Wildman–Crippen MR) is 134 cm³/mol. The molecule has 1 aliphatic rings. The Morgan fingerprint density at radius 2 is 1.49 bits per heavy atom. The smallest absolute Gasteiger partial charge is 0.344 e. The molecule has 0 aliphatic carbocycles. The number of amides is 5. The number of hydrogen-bond acceptors (Lipinski definition) is 5. The number of hydrogen-bond donors (Lipinski definition) is 3. The van der Waals surface area contributed by atoms with E-state index in [1.807, 2.05) is 12.1 Å². The minimum atomic E-state index is -1.51. The van der Waals surface area contributed by atoms with Gasteiger partial charge >= 0.3 is 6.03 Å². The van der Waals surface area contributed by atoms with Gasteiger partial charge < -0.3 is 15.1 Å². The number of anilines is 1. The molecule has 4 aromatic rings. The number of imide groups is 1. The lowest BCUT2D eigenvalue weighted by atomic mass is 9.83. The number of nitrogens with zero attached hydrogens (tertiary/aromatic N) is 1. The zero-order valence-electron chi connectivity index (χ0n) is 19.7. The number of carbonyl (C=O) groups is 4. The van der Waals surface area contributed by atoms with Crippen molar-refractivity contribution in [3.8, 4) is 0 Å². The van der Waals surface area contributed by atoms with Crippen LogP contribution in [-0.4, -0.2) is 28.8 Å². The fourth-order valence-electron chi connectivity index (χ4n) is 4.22. The molecule has 2 heterocycles. The Morgan fingerprint density at radius 3 is 2.08 bits per heavy atom. The van der Waals surface area contributed by atoms with Crippen molar-refractivity contribution in [2.24, 2.45) is 0 Å². The normalized spacial score (nSPS) is 14.2. The van der Waals surface area contributed by atoms with Gasteiger partial charge in [-0.15, -0.1) is 0 Å². The van der Waals surface area contributed by atoms with E-state index < -0.39 is 29.3 Å². The highest BCUT2D eigenvalue weighted by molar-refractivity contribution is 6.11. The van der Waals surface area contributed by atoms with Gasteiger partial charge in [0, 0.05) is 11.3 Å². The first kappa shape index (κ1) is 23.6. The maximum atomic E-state index is 13.8. The van der Waals surface area contributed by atoms with E-state index in [1.54, 1.807) is 67.6 Å². The van der Waals surface area contributed by atoms with Crippen LogP contribution < -0.4 is 16.1 Å². The van der Waals surface area contributed by atoms with E-state index in [4.69, 9.17) is 4.42 Å². The molecule has 5 rings (SSSR count). The highest BCUT2D eigenvalue weighted by atomic mass is 16.3. The summed E-state index contributed by atoms with van der Waals surface area (Å²) in [6.07, 6.45) is 1.38. The molecule has 0 saturated carbocycles. The lowest BCUT2D eigenvalue weighted by molar-refractivity contribution is -0.131. The molecule has 37 heavy (non-hydrogen) atoms. The first-order chi connectivity index (χ1) is 17.9. The summed E-state index contributed by atoms with van der Waals surface area (Å²) in [5.41, 5.74) is 3.24. The molecule has 3 N–H and O–H groups in total. The number of aryl methyl sites for hydroxylation is 1. The Kier molecular flexibility index (Phi) is 6.02. The third-order valence-corrected chi connectivity index (χ3v) is 6.14. The summed E-state index contributed by atoms with van der Waals surface area (Å²) in [5.74, 6) is -1.71. The molecule has 3 aromatic carbocycles. The monoisotopic (exact) mass is 494 g/mol. The average Bonchev–Trinajstić information content (AvgIpc) is 3.55. The summed E-state index contributed by atoms with van der Waals surface area (Å²) in [4.78, 5) is 52.3. The van der Waals surface area contributed by atoms with Crippen molar-refractivity contribution < 1.29 is 23.6 Å². The molecule has 0 unspecified atom stereocenters. The fourth-order valence-corrected chi connectivity index (χ4v) is 4.22. The largest absolute Gasteiger partial charge is 0.459 e. The van der Waals surface area contributed by atoms with Gasteiger partial charge in [-0.1, -0.05) is 66.7 Å². The van der Waals surface area contributed by atoms with Gasteiger partial charge in [-0.05, 0) is 47.9 Å². The van der Waals surface area contributed by atoms with Gasteiger partial charge in [0.15, 0.2) is 11.3 Å². The zero-order valence-corrected chi connectivity index (χ0v) is 19.7. The van der Waals surface area contributed by atoms with E-state index >= 15 is 0 Å². The van der Waals surface area contributed by atoms with Gasteiger partial charge in [0.2, 0.25) is 0 Å². The lowest BCUT2D eigenvalue weighted by Crippen LogP contribution is -2.49. The molecule has 0 atom stereocenters. The van der Waals surface area contributed by atoms with Crippen LogP contribution in [0.5, 0.6) is 0 Å². The van der Waals surface area contributed by atoms with Crippen LogP contribution >= 0.6 is 0 Å². The summed E-state index contributed by atoms with van der Waals surface area (Å²) in [7, 11) is 0.